The summed E-state index contributed by atoms with van der Waals surface area (Å²) < 4.78 is 0. The molecule has 1 aromatic rings. The van der Waals surface area contributed by atoms with Crippen LogP contribution in [0, 0.1) is 6.92 Å². The number of rotatable bonds is 6. The highest BCUT2D eigenvalue weighted by Crippen LogP contribution is 2.04. The Hall–Kier alpha value is -0.970. The lowest BCUT2D eigenvalue weighted by molar-refractivity contribution is 0.0581. The summed E-state index contributed by atoms with van der Waals surface area (Å²) in [6, 6.07) is 5.91. The largest absolute Gasteiger partial charge is 0.394 e. The molecule has 0 saturated carbocycles. The minimum absolute atomic E-state index is 0.197. The molecule has 0 radical (unpaired) electrons. The average molecular weight is 224 g/mol. The van der Waals surface area contributed by atoms with Gasteiger partial charge in [0.05, 0.1) is 18.4 Å². The zero-order valence-corrected chi connectivity index (χ0v) is 9.93. The molecule has 1 heterocycles. The number of aliphatic hydroxyl groups excluding tert-OH is 2. The van der Waals surface area contributed by atoms with Crippen LogP contribution in [0.1, 0.15) is 18.3 Å². The van der Waals surface area contributed by atoms with Crippen molar-refractivity contribution >= 4 is 0 Å². The Labute approximate surface area is 96.6 Å². The van der Waals surface area contributed by atoms with Crippen molar-refractivity contribution < 1.29 is 10.2 Å². The van der Waals surface area contributed by atoms with Gasteiger partial charge in [0.1, 0.15) is 0 Å². The first kappa shape index (κ1) is 13.1. The minimum atomic E-state index is -0.676. The van der Waals surface area contributed by atoms with Gasteiger partial charge in [0.25, 0.3) is 0 Å². The summed E-state index contributed by atoms with van der Waals surface area (Å²) in [5.41, 5.74) is 1.99. The lowest BCUT2D eigenvalue weighted by Crippen LogP contribution is -2.34. The zero-order chi connectivity index (χ0) is 12.0. The van der Waals surface area contributed by atoms with E-state index in [4.69, 9.17) is 5.11 Å². The molecule has 4 heteroatoms. The molecule has 0 saturated heterocycles. The van der Waals surface area contributed by atoms with Crippen LogP contribution in [0.25, 0.3) is 0 Å². The second-order valence-electron chi connectivity index (χ2n) is 3.93. The van der Waals surface area contributed by atoms with Crippen LogP contribution >= 0.6 is 0 Å². The van der Waals surface area contributed by atoms with Crippen molar-refractivity contribution in [1.82, 2.24) is 9.88 Å². The smallest absolute Gasteiger partial charge is 0.0897 e. The lowest BCUT2D eigenvalue weighted by Gasteiger charge is -2.22. The van der Waals surface area contributed by atoms with Crippen molar-refractivity contribution in [3.05, 3.63) is 29.6 Å². The van der Waals surface area contributed by atoms with Crippen LogP contribution in [0.3, 0.4) is 0 Å². The predicted molar refractivity (Wildman–Crippen MR) is 63.0 cm³/mol. The van der Waals surface area contributed by atoms with E-state index in [1.165, 1.54) is 0 Å². The first-order valence-electron chi connectivity index (χ1n) is 5.59. The van der Waals surface area contributed by atoms with Crippen LogP contribution < -0.4 is 0 Å². The Morgan fingerprint density at radius 2 is 2.19 bits per heavy atom. The fourth-order valence-electron chi connectivity index (χ4n) is 1.58. The van der Waals surface area contributed by atoms with E-state index in [9.17, 15) is 5.11 Å². The SMILES string of the molecule is CCN(Cc1cccc(C)n1)CC(O)CO. The first-order valence-corrected chi connectivity index (χ1v) is 5.59. The molecule has 0 amide bonds. The van der Waals surface area contributed by atoms with Gasteiger partial charge < -0.3 is 10.2 Å². The molecule has 4 nitrogen and oxygen atoms in total. The molecule has 0 aliphatic rings. The number of pyridine rings is 1. The summed E-state index contributed by atoms with van der Waals surface area (Å²) >= 11 is 0. The van der Waals surface area contributed by atoms with Crippen molar-refractivity contribution in [1.29, 1.82) is 0 Å². The van der Waals surface area contributed by atoms with Crippen molar-refractivity contribution in [2.45, 2.75) is 26.5 Å². The van der Waals surface area contributed by atoms with E-state index in [1.54, 1.807) is 0 Å². The summed E-state index contributed by atoms with van der Waals surface area (Å²) in [4.78, 5) is 6.47. The quantitative estimate of drug-likeness (QED) is 0.741. The molecule has 1 atom stereocenters. The minimum Gasteiger partial charge on any atom is -0.394 e. The number of nitrogens with zero attached hydrogens (tertiary/aromatic N) is 2. The molecule has 90 valence electrons. The van der Waals surface area contributed by atoms with Crippen molar-refractivity contribution in [3.63, 3.8) is 0 Å². The van der Waals surface area contributed by atoms with Gasteiger partial charge in [-0.15, -0.1) is 0 Å². The normalized spacial score (nSPS) is 13.1. The number of aryl methyl sites for hydroxylation is 1. The van der Waals surface area contributed by atoms with Gasteiger partial charge >= 0.3 is 0 Å². The van der Waals surface area contributed by atoms with Gasteiger partial charge in [-0.25, -0.2) is 0 Å². The van der Waals surface area contributed by atoms with Gasteiger partial charge in [-0.1, -0.05) is 13.0 Å². The van der Waals surface area contributed by atoms with E-state index in [0.717, 1.165) is 17.9 Å². The van der Waals surface area contributed by atoms with Crippen LogP contribution in [-0.2, 0) is 6.54 Å². The zero-order valence-electron chi connectivity index (χ0n) is 9.93. The average Bonchev–Trinajstić information content (AvgIpc) is 2.28. The standard InChI is InChI=1S/C12H20N2O2/c1-3-14(8-12(16)9-15)7-11-6-4-5-10(2)13-11/h4-6,12,15-16H,3,7-9H2,1-2H3. The van der Waals surface area contributed by atoms with Crippen LogP contribution in [0.5, 0.6) is 0 Å². The maximum Gasteiger partial charge on any atom is 0.0897 e. The molecule has 0 fully saturated rings. The molecule has 0 aliphatic heterocycles. The molecule has 0 aromatic carbocycles. The van der Waals surface area contributed by atoms with Gasteiger partial charge in [-0.3, -0.25) is 9.88 Å². The second-order valence-corrected chi connectivity index (χ2v) is 3.93. The van der Waals surface area contributed by atoms with Crippen molar-refractivity contribution in [3.8, 4) is 0 Å². The molecule has 2 N–H and O–H groups in total. The van der Waals surface area contributed by atoms with Gasteiger partial charge in [0, 0.05) is 18.8 Å². The third-order valence-corrected chi connectivity index (χ3v) is 2.46. The van der Waals surface area contributed by atoms with Gasteiger partial charge in [-0.05, 0) is 25.6 Å². The Morgan fingerprint density at radius 1 is 1.44 bits per heavy atom. The third kappa shape index (κ3) is 4.26. The van der Waals surface area contributed by atoms with Crippen LogP contribution in [-0.4, -0.2) is 45.9 Å². The molecule has 0 aliphatic carbocycles. The maximum absolute atomic E-state index is 9.38. The van der Waals surface area contributed by atoms with E-state index in [2.05, 4.69) is 9.88 Å². The maximum atomic E-state index is 9.38. The molecule has 0 bridgehead atoms. The molecule has 1 rings (SSSR count). The summed E-state index contributed by atoms with van der Waals surface area (Å²) in [6.07, 6.45) is -0.676. The van der Waals surface area contributed by atoms with Crippen LogP contribution in [0.2, 0.25) is 0 Å². The Balaban J connectivity index is 2.56. The molecular formula is C12H20N2O2. The van der Waals surface area contributed by atoms with Crippen LogP contribution in [0.4, 0.5) is 0 Å². The number of aliphatic hydroxyl groups is 2. The number of hydrogen-bond donors (Lipinski definition) is 2. The van der Waals surface area contributed by atoms with Gasteiger partial charge in [0.2, 0.25) is 0 Å². The number of aromatic nitrogens is 1. The van der Waals surface area contributed by atoms with E-state index >= 15 is 0 Å². The number of hydrogen-bond acceptors (Lipinski definition) is 4. The van der Waals surface area contributed by atoms with E-state index < -0.39 is 6.10 Å². The Bertz CT molecular complexity index is 318. The van der Waals surface area contributed by atoms with E-state index in [1.807, 2.05) is 32.0 Å². The Kier molecular flexibility index (Phi) is 5.38. The Morgan fingerprint density at radius 3 is 2.75 bits per heavy atom. The van der Waals surface area contributed by atoms with Crippen LogP contribution in [0.15, 0.2) is 18.2 Å². The van der Waals surface area contributed by atoms with Crippen molar-refractivity contribution in [2.24, 2.45) is 0 Å². The predicted octanol–water partition coefficient (Wildman–Crippen LogP) is 0.565. The molecule has 1 aromatic heterocycles. The van der Waals surface area contributed by atoms with E-state index in [0.29, 0.717) is 13.1 Å². The highest BCUT2D eigenvalue weighted by atomic mass is 16.3. The van der Waals surface area contributed by atoms with Gasteiger partial charge in [0.15, 0.2) is 0 Å². The first-order chi connectivity index (χ1) is 7.65. The second kappa shape index (κ2) is 6.58. The highest BCUT2D eigenvalue weighted by Gasteiger charge is 2.10. The molecule has 1 unspecified atom stereocenters. The summed E-state index contributed by atoms with van der Waals surface area (Å²) in [7, 11) is 0. The fraction of sp³-hybridized carbons (Fsp3) is 0.583. The van der Waals surface area contributed by atoms with Gasteiger partial charge in [-0.2, -0.15) is 0 Å². The summed E-state index contributed by atoms with van der Waals surface area (Å²) in [5.74, 6) is 0. The van der Waals surface area contributed by atoms with Crippen molar-refractivity contribution in [2.75, 3.05) is 19.7 Å². The molecule has 16 heavy (non-hydrogen) atoms. The highest BCUT2D eigenvalue weighted by molar-refractivity contribution is 5.09. The van der Waals surface area contributed by atoms with E-state index in [-0.39, 0.29) is 6.61 Å². The third-order valence-electron chi connectivity index (χ3n) is 2.46. The lowest BCUT2D eigenvalue weighted by atomic mass is 10.2. The summed E-state index contributed by atoms with van der Waals surface area (Å²) in [5, 5.41) is 18.2. The number of likely N-dealkylation sites (N-methyl/N-ethyl adjacent to an activating group) is 1. The monoisotopic (exact) mass is 224 g/mol. The fourth-order valence-corrected chi connectivity index (χ4v) is 1.58. The molecule has 0 spiro atoms. The molecular weight excluding hydrogens is 204 g/mol. The topological polar surface area (TPSA) is 56.6 Å². The summed E-state index contributed by atoms with van der Waals surface area (Å²) in [6.45, 7) is 5.80.